The lowest BCUT2D eigenvalue weighted by molar-refractivity contribution is -0.142. The van der Waals surface area contributed by atoms with Gasteiger partial charge in [-0.25, -0.2) is 0 Å². The van der Waals surface area contributed by atoms with Gasteiger partial charge >= 0.3 is 5.97 Å². The Balaban J connectivity index is 2.11. The fourth-order valence-electron chi connectivity index (χ4n) is 2.12. The van der Waals surface area contributed by atoms with E-state index in [1.165, 1.54) is 0 Å². The number of rotatable bonds is 7. The van der Waals surface area contributed by atoms with Gasteiger partial charge in [-0.3, -0.25) is 4.79 Å². The van der Waals surface area contributed by atoms with Gasteiger partial charge in [-0.2, -0.15) is 0 Å². The highest BCUT2D eigenvalue weighted by molar-refractivity contribution is 5.71. The number of aliphatic hydroxyl groups is 1. The Hall–Kier alpha value is -0.610. The van der Waals surface area contributed by atoms with E-state index in [-0.39, 0.29) is 25.2 Å². The molecule has 16 heavy (non-hydrogen) atoms. The van der Waals surface area contributed by atoms with Crippen molar-refractivity contribution in [1.29, 1.82) is 0 Å². The molecule has 2 N–H and O–H groups in total. The summed E-state index contributed by atoms with van der Waals surface area (Å²) in [6.07, 6.45) is 5.20. The highest BCUT2D eigenvalue weighted by Gasteiger charge is 2.26. The van der Waals surface area contributed by atoms with Crippen LogP contribution in [0.25, 0.3) is 0 Å². The molecule has 2 atom stereocenters. The van der Waals surface area contributed by atoms with Crippen molar-refractivity contribution in [3.8, 4) is 0 Å². The molecule has 0 spiro atoms. The molecule has 0 amide bonds. The van der Waals surface area contributed by atoms with Crippen molar-refractivity contribution in [3.05, 3.63) is 0 Å². The van der Waals surface area contributed by atoms with Crippen molar-refractivity contribution >= 4 is 5.97 Å². The van der Waals surface area contributed by atoms with E-state index in [0.717, 1.165) is 32.1 Å². The number of unbranched alkanes of at least 4 members (excludes halogenated alkanes) is 1. The number of hydrogen-bond acceptors (Lipinski definition) is 4. The van der Waals surface area contributed by atoms with Crippen LogP contribution in [-0.4, -0.2) is 36.9 Å². The Kier molecular flexibility index (Phi) is 6.42. The first-order valence-corrected chi connectivity index (χ1v) is 6.27. The largest absolute Gasteiger partial charge is 0.465 e. The summed E-state index contributed by atoms with van der Waals surface area (Å²) in [6, 6.07) is 0.281. The maximum absolute atomic E-state index is 11.3. The molecule has 1 rings (SSSR count). The zero-order chi connectivity index (χ0) is 11.8. The van der Waals surface area contributed by atoms with E-state index < -0.39 is 0 Å². The molecule has 4 nitrogen and oxygen atoms in total. The van der Waals surface area contributed by atoms with Crippen molar-refractivity contribution in [1.82, 2.24) is 5.32 Å². The van der Waals surface area contributed by atoms with Gasteiger partial charge in [0.15, 0.2) is 0 Å². The molecule has 0 aromatic heterocycles. The minimum Gasteiger partial charge on any atom is -0.465 e. The van der Waals surface area contributed by atoms with Gasteiger partial charge in [-0.1, -0.05) is 19.8 Å². The van der Waals surface area contributed by atoms with Gasteiger partial charge in [0, 0.05) is 12.6 Å². The minimum absolute atomic E-state index is 0.183. The van der Waals surface area contributed by atoms with Crippen LogP contribution in [0.2, 0.25) is 0 Å². The predicted octanol–water partition coefficient (Wildman–Crippen LogP) is 1.08. The second kappa shape index (κ2) is 7.63. The van der Waals surface area contributed by atoms with Crippen LogP contribution in [-0.2, 0) is 9.53 Å². The Morgan fingerprint density at radius 1 is 1.50 bits per heavy atom. The van der Waals surface area contributed by atoms with Crippen molar-refractivity contribution in [2.45, 2.75) is 45.1 Å². The highest BCUT2D eigenvalue weighted by atomic mass is 16.5. The van der Waals surface area contributed by atoms with E-state index in [9.17, 15) is 4.79 Å². The predicted molar refractivity (Wildman–Crippen MR) is 62.1 cm³/mol. The van der Waals surface area contributed by atoms with E-state index in [1.54, 1.807) is 0 Å². The molecular formula is C12H23NO3. The summed E-state index contributed by atoms with van der Waals surface area (Å²) in [5.74, 6) is 0.125. The molecule has 0 bridgehead atoms. The molecule has 1 fully saturated rings. The molecule has 0 aliphatic heterocycles. The van der Waals surface area contributed by atoms with Crippen molar-refractivity contribution in [2.24, 2.45) is 5.92 Å². The first-order chi connectivity index (χ1) is 7.77. The number of carbonyl (C=O) groups is 1. The van der Waals surface area contributed by atoms with Crippen LogP contribution in [0.5, 0.6) is 0 Å². The summed E-state index contributed by atoms with van der Waals surface area (Å²) in [5.41, 5.74) is 0. The van der Waals surface area contributed by atoms with Gasteiger partial charge in [0.1, 0.15) is 0 Å². The van der Waals surface area contributed by atoms with Crippen LogP contribution in [0.1, 0.15) is 39.0 Å². The van der Waals surface area contributed by atoms with Crippen molar-refractivity contribution in [2.75, 3.05) is 19.8 Å². The monoisotopic (exact) mass is 229 g/mol. The molecule has 94 valence electrons. The normalized spacial score (nSPS) is 24.6. The number of nitrogens with one attached hydrogen (secondary N) is 1. The third kappa shape index (κ3) is 4.49. The van der Waals surface area contributed by atoms with Gasteiger partial charge in [-0.15, -0.1) is 0 Å². The fraction of sp³-hybridized carbons (Fsp3) is 0.917. The lowest BCUT2D eigenvalue weighted by atomic mass is 10.1. The number of hydrogen-bond donors (Lipinski definition) is 2. The molecule has 1 saturated carbocycles. The fourth-order valence-corrected chi connectivity index (χ4v) is 2.12. The first kappa shape index (κ1) is 13.5. The average molecular weight is 229 g/mol. The van der Waals surface area contributed by atoms with Gasteiger partial charge in [0.25, 0.3) is 0 Å². The highest BCUT2D eigenvalue weighted by Crippen LogP contribution is 2.24. The minimum atomic E-state index is -0.183. The lowest BCUT2D eigenvalue weighted by Gasteiger charge is -2.18. The van der Waals surface area contributed by atoms with Crippen LogP contribution >= 0.6 is 0 Å². The second-order valence-corrected chi connectivity index (χ2v) is 4.43. The van der Waals surface area contributed by atoms with E-state index in [0.29, 0.717) is 12.5 Å². The smallest absolute Gasteiger partial charge is 0.319 e. The third-order valence-corrected chi connectivity index (χ3v) is 3.16. The molecular weight excluding hydrogens is 206 g/mol. The van der Waals surface area contributed by atoms with Crippen molar-refractivity contribution in [3.63, 3.8) is 0 Å². The van der Waals surface area contributed by atoms with Crippen LogP contribution in [0, 0.1) is 5.92 Å². The van der Waals surface area contributed by atoms with Gasteiger partial charge in [0.2, 0.25) is 0 Å². The SMILES string of the molecule is CCCCOC(=O)CNC1CCCC1CO. The van der Waals surface area contributed by atoms with E-state index >= 15 is 0 Å². The van der Waals surface area contributed by atoms with Gasteiger partial charge in [0.05, 0.1) is 13.2 Å². The Morgan fingerprint density at radius 3 is 3.00 bits per heavy atom. The van der Waals surface area contributed by atoms with Crippen molar-refractivity contribution < 1.29 is 14.6 Å². The third-order valence-electron chi connectivity index (χ3n) is 3.16. The summed E-state index contributed by atoms with van der Waals surface area (Å²) in [4.78, 5) is 11.3. The van der Waals surface area contributed by atoms with Crippen LogP contribution in [0.15, 0.2) is 0 Å². The quantitative estimate of drug-likeness (QED) is 0.506. The molecule has 1 aliphatic rings. The molecule has 1 aliphatic carbocycles. The average Bonchev–Trinajstić information content (AvgIpc) is 2.74. The Morgan fingerprint density at radius 2 is 2.31 bits per heavy atom. The number of ether oxygens (including phenoxy) is 1. The Labute approximate surface area is 97.4 Å². The number of esters is 1. The molecule has 0 aromatic carbocycles. The summed E-state index contributed by atoms with van der Waals surface area (Å²) in [7, 11) is 0. The molecule has 0 radical (unpaired) electrons. The number of aliphatic hydroxyl groups excluding tert-OH is 1. The van der Waals surface area contributed by atoms with E-state index in [4.69, 9.17) is 9.84 Å². The summed E-state index contributed by atoms with van der Waals surface area (Å²) in [5, 5.41) is 12.3. The summed E-state index contributed by atoms with van der Waals surface area (Å²) in [6.45, 7) is 3.06. The topological polar surface area (TPSA) is 58.6 Å². The van der Waals surface area contributed by atoms with Crippen LogP contribution < -0.4 is 5.32 Å². The molecule has 0 aromatic rings. The maximum atomic E-state index is 11.3. The molecule has 2 unspecified atom stereocenters. The number of carbonyl (C=O) groups excluding carboxylic acids is 1. The zero-order valence-corrected chi connectivity index (χ0v) is 10.1. The standard InChI is InChI=1S/C12H23NO3/c1-2-3-7-16-12(15)8-13-11-6-4-5-10(11)9-14/h10-11,13-14H,2-9H2,1H3. The Bertz CT molecular complexity index is 208. The maximum Gasteiger partial charge on any atom is 0.319 e. The van der Waals surface area contributed by atoms with E-state index in [1.807, 2.05) is 0 Å². The summed E-state index contributed by atoms with van der Waals surface area (Å²) < 4.78 is 5.05. The first-order valence-electron chi connectivity index (χ1n) is 6.27. The lowest BCUT2D eigenvalue weighted by Crippen LogP contribution is -2.38. The van der Waals surface area contributed by atoms with E-state index in [2.05, 4.69) is 12.2 Å². The summed E-state index contributed by atoms with van der Waals surface area (Å²) >= 11 is 0. The van der Waals surface area contributed by atoms with Gasteiger partial charge < -0.3 is 15.2 Å². The molecule has 4 heteroatoms. The zero-order valence-electron chi connectivity index (χ0n) is 10.1. The second-order valence-electron chi connectivity index (χ2n) is 4.43. The molecule has 0 saturated heterocycles. The van der Waals surface area contributed by atoms with Gasteiger partial charge in [-0.05, 0) is 25.2 Å². The van der Waals surface area contributed by atoms with Crippen LogP contribution in [0.3, 0.4) is 0 Å². The van der Waals surface area contributed by atoms with Crippen LogP contribution in [0.4, 0.5) is 0 Å². The molecule has 0 heterocycles.